The van der Waals surface area contributed by atoms with E-state index in [-0.39, 0.29) is 18.5 Å². The average Bonchev–Trinajstić information content (AvgIpc) is 2.82. The Kier molecular flexibility index (Phi) is 5.51. The number of ether oxygens (including phenoxy) is 1. The number of aliphatic hydroxyl groups excluding tert-OH is 3. The molecule has 5 atom stereocenters. The van der Waals surface area contributed by atoms with Gasteiger partial charge in [0.1, 0.15) is 30.5 Å². The van der Waals surface area contributed by atoms with Crippen molar-refractivity contribution in [1.82, 2.24) is 9.55 Å². The molecular weight excluding hydrogens is 326 g/mol. The number of nitrogens with two attached hydrogens (primary N) is 1. The van der Waals surface area contributed by atoms with Crippen LogP contribution in [-0.2, 0) is 16.1 Å². The van der Waals surface area contributed by atoms with Crippen LogP contribution in [0, 0.1) is 0 Å². The molecule has 0 aliphatic carbocycles. The molecule has 1 saturated heterocycles. The van der Waals surface area contributed by atoms with E-state index in [9.17, 15) is 24.6 Å². The number of carboxylic acids is 1. The molecule has 11 nitrogen and oxygen atoms in total. The van der Waals surface area contributed by atoms with Crippen LogP contribution in [0.15, 0.2) is 15.8 Å². The molecule has 1 unspecified atom stereocenters. The van der Waals surface area contributed by atoms with Crippen LogP contribution < -0.4 is 17.0 Å². The minimum absolute atomic E-state index is 0.124. The smallest absolute Gasteiger partial charge is 0.328 e. The standard InChI is InChI=1S/C13H19N3O8/c14-6(12(21)22)1-2-16-11(20)5(3-15-13(16)23)10-9(19)8(18)7(4-17)24-10/h3,6-10,17-19H,1-2,4,14H2,(H,15,23)(H,21,22)/t6?,7-,8-,9-,10+/m1/s1. The second-order valence-corrected chi connectivity index (χ2v) is 5.50. The summed E-state index contributed by atoms with van der Waals surface area (Å²) in [6.07, 6.45) is -4.25. The summed E-state index contributed by atoms with van der Waals surface area (Å²) in [6, 6.07) is -1.24. The number of carboxylic acid groups (broad SMARTS) is 1. The van der Waals surface area contributed by atoms with Crippen molar-refractivity contribution < 1.29 is 30.0 Å². The molecule has 134 valence electrons. The van der Waals surface area contributed by atoms with Crippen LogP contribution in [0.5, 0.6) is 0 Å². The Bertz CT molecular complexity index is 714. The number of hydrogen-bond donors (Lipinski definition) is 6. The predicted molar refractivity (Wildman–Crippen MR) is 78.3 cm³/mol. The SMILES string of the molecule is NC(CCn1c(=O)[nH]cc([C@@H]2O[C@H](CO)[C@@H](O)[C@H]2O)c1=O)C(=O)O. The third-order valence-corrected chi connectivity index (χ3v) is 3.92. The second kappa shape index (κ2) is 7.23. The first-order valence-electron chi connectivity index (χ1n) is 7.21. The van der Waals surface area contributed by atoms with Crippen molar-refractivity contribution in [2.45, 2.75) is 43.4 Å². The predicted octanol–water partition coefficient (Wildman–Crippen LogP) is -3.51. The monoisotopic (exact) mass is 345 g/mol. The number of aliphatic carboxylic acids is 1. The van der Waals surface area contributed by atoms with Gasteiger partial charge in [-0.15, -0.1) is 0 Å². The number of nitrogens with one attached hydrogen (secondary N) is 1. The molecule has 0 aromatic carbocycles. The summed E-state index contributed by atoms with van der Waals surface area (Å²) in [6.45, 7) is -0.802. The minimum Gasteiger partial charge on any atom is -0.480 e. The van der Waals surface area contributed by atoms with Gasteiger partial charge in [-0.1, -0.05) is 0 Å². The molecule has 1 aliphatic heterocycles. The van der Waals surface area contributed by atoms with Gasteiger partial charge in [-0.3, -0.25) is 14.2 Å². The highest BCUT2D eigenvalue weighted by Crippen LogP contribution is 2.31. The molecule has 1 aromatic heterocycles. The van der Waals surface area contributed by atoms with Crippen molar-refractivity contribution in [3.05, 3.63) is 32.6 Å². The lowest BCUT2D eigenvalue weighted by Gasteiger charge is -2.15. The number of nitrogens with zero attached hydrogens (tertiary/aromatic N) is 1. The lowest BCUT2D eigenvalue weighted by molar-refractivity contribution is -0.138. The molecule has 2 rings (SSSR count). The highest BCUT2D eigenvalue weighted by atomic mass is 16.6. The first kappa shape index (κ1) is 18.3. The molecular formula is C13H19N3O8. The normalized spacial score (nSPS) is 28.0. The Morgan fingerprint density at radius 1 is 1.38 bits per heavy atom. The summed E-state index contributed by atoms with van der Waals surface area (Å²) in [4.78, 5) is 37.2. The van der Waals surface area contributed by atoms with E-state index >= 15 is 0 Å². The average molecular weight is 345 g/mol. The van der Waals surface area contributed by atoms with Gasteiger partial charge in [0.2, 0.25) is 0 Å². The van der Waals surface area contributed by atoms with Gasteiger partial charge in [0, 0.05) is 12.7 Å². The lowest BCUT2D eigenvalue weighted by Crippen LogP contribution is -2.41. The minimum atomic E-state index is -1.46. The number of aliphatic hydroxyl groups is 3. The first-order chi connectivity index (χ1) is 11.3. The number of rotatable bonds is 6. The highest BCUT2D eigenvalue weighted by molar-refractivity contribution is 5.72. The zero-order chi connectivity index (χ0) is 18.0. The number of H-pyrrole nitrogens is 1. The van der Waals surface area contributed by atoms with E-state index in [1.165, 1.54) is 0 Å². The molecule has 1 aromatic rings. The van der Waals surface area contributed by atoms with Crippen molar-refractivity contribution >= 4 is 5.97 Å². The third-order valence-electron chi connectivity index (χ3n) is 3.92. The Labute approximate surface area is 134 Å². The molecule has 0 spiro atoms. The van der Waals surface area contributed by atoms with E-state index in [1.807, 2.05) is 0 Å². The van der Waals surface area contributed by atoms with Gasteiger partial charge in [0.05, 0.1) is 12.2 Å². The maximum absolute atomic E-state index is 12.4. The molecule has 0 radical (unpaired) electrons. The number of hydrogen-bond acceptors (Lipinski definition) is 8. The van der Waals surface area contributed by atoms with Crippen LogP contribution in [0.3, 0.4) is 0 Å². The number of aromatic amines is 1. The molecule has 0 saturated carbocycles. The van der Waals surface area contributed by atoms with Crippen molar-refractivity contribution in [2.75, 3.05) is 6.61 Å². The van der Waals surface area contributed by atoms with Crippen LogP contribution in [0.1, 0.15) is 18.1 Å². The molecule has 7 N–H and O–H groups in total. The maximum Gasteiger partial charge on any atom is 0.328 e. The van der Waals surface area contributed by atoms with Crippen LogP contribution in [0.25, 0.3) is 0 Å². The molecule has 1 aliphatic rings. The van der Waals surface area contributed by atoms with Gasteiger partial charge in [-0.25, -0.2) is 4.79 Å². The fourth-order valence-corrected chi connectivity index (χ4v) is 2.48. The van der Waals surface area contributed by atoms with E-state index in [0.29, 0.717) is 0 Å². The van der Waals surface area contributed by atoms with E-state index < -0.39 is 54.3 Å². The molecule has 2 heterocycles. The zero-order valence-electron chi connectivity index (χ0n) is 12.5. The van der Waals surface area contributed by atoms with Crippen LogP contribution in [0.2, 0.25) is 0 Å². The van der Waals surface area contributed by atoms with Gasteiger partial charge in [-0.05, 0) is 6.42 Å². The van der Waals surface area contributed by atoms with Crippen molar-refractivity contribution in [3.8, 4) is 0 Å². The Morgan fingerprint density at radius 2 is 2.04 bits per heavy atom. The van der Waals surface area contributed by atoms with Crippen LogP contribution in [-0.4, -0.2) is 66.9 Å². The van der Waals surface area contributed by atoms with Crippen LogP contribution in [0.4, 0.5) is 0 Å². The van der Waals surface area contributed by atoms with Gasteiger partial charge in [0.15, 0.2) is 0 Å². The summed E-state index contributed by atoms with van der Waals surface area (Å²) in [5.41, 5.74) is 3.65. The van der Waals surface area contributed by atoms with Gasteiger partial charge in [0.25, 0.3) is 5.56 Å². The van der Waals surface area contributed by atoms with Crippen LogP contribution >= 0.6 is 0 Å². The van der Waals surface area contributed by atoms with Crippen molar-refractivity contribution in [1.29, 1.82) is 0 Å². The van der Waals surface area contributed by atoms with Crippen molar-refractivity contribution in [3.63, 3.8) is 0 Å². The quantitative estimate of drug-likeness (QED) is 0.304. The van der Waals surface area contributed by atoms with E-state index in [1.54, 1.807) is 0 Å². The number of aromatic nitrogens is 2. The zero-order valence-corrected chi connectivity index (χ0v) is 12.5. The maximum atomic E-state index is 12.4. The second-order valence-electron chi connectivity index (χ2n) is 5.50. The molecule has 24 heavy (non-hydrogen) atoms. The summed E-state index contributed by atoms with van der Waals surface area (Å²) in [5.74, 6) is -1.26. The topological polar surface area (TPSA) is 188 Å². The Hall–Kier alpha value is -2.05. The van der Waals surface area contributed by atoms with Gasteiger partial charge in [-0.2, -0.15) is 0 Å². The molecule has 1 fully saturated rings. The third kappa shape index (κ3) is 3.39. The Morgan fingerprint density at radius 3 is 2.58 bits per heavy atom. The molecule has 11 heteroatoms. The van der Waals surface area contributed by atoms with E-state index in [4.69, 9.17) is 20.7 Å². The molecule has 0 amide bonds. The number of carbonyl (C=O) groups is 1. The summed E-state index contributed by atoms with van der Waals surface area (Å²) >= 11 is 0. The van der Waals surface area contributed by atoms with Gasteiger partial charge < -0.3 is 35.9 Å². The lowest BCUT2D eigenvalue weighted by atomic mass is 10.0. The largest absolute Gasteiger partial charge is 0.480 e. The van der Waals surface area contributed by atoms with E-state index in [2.05, 4.69) is 4.98 Å². The summed E-state index contributed by atoms with van der Waals surface area (Å²) in [5, 5.41) is 37.5. The van der Waals surface area contributed by atoms with Gasteiger partial charge >= 0.3 is 11.7 Å². The Balaban J connectivity index is 2.30. The van der Waals surface area contributed by atoms with Crippen molar-refractivity contribution in [2.24, 2.45) is 5.73 Å². The fourth-order valence-electron chi connectivity index (χ4n) is 2.48. The summed E-state index contributed by atoms with van der Waals surface area (Å²) < 4.78 is 6.00. The fraction of sp³-hybridized carbons (Fsp3) is 0.615. The van der Waals surface area contributed by atoms with E-state index in [0.717, 1.165) is 10.8 Å². The first-order valence-corrected chi connectivity index (χ1v) is 7.21. The highest BCUT2D eigenvalue weighted by Gasteiger charge is 2.44. The molecule has 0 bridgehead atoms. The summed E-state index contributed by atoms with van der Waals surface area (Å²) in [7, 11) is 0.